The first-order valence-corrected chi connectivity index (χ1v) is 7.74. The fourth-order valence-corrected chi connectivity index (χ4v) is 3.09. The van der Waals surface area contributed by atoms with E-state index in [0.717, 1.165) is 25.4 Å². The molecule has 0 aromatic carbocycles. The summed E-state index contributed by atoms with van der Waals surface area (Å²) < 4.78 is 0. The van der Waals surface area contributed by atoms with Crippen LogP contribution in [0.4, 0.5) is 0 Å². The van der Waals surface area contributed by atoms with Crippen molar-refractivity contribution in [1.82, 2.24) is 10.3 Å². The molecule has 0 fully saturated rings. The van der Waals surface area contributed by atoms with Crippen LogP contribution in [0.25, 0.3) is 0 Å². The smallest absolute Gasteiger partial charge is 0.0394 e. The highest BCUT2D eigenvalue weighted by Gasteiger charge is 2.37. The maximum Gasteiger partial charge on any atom is 0.0394 e. The van der Waals surface area contributed by atoms with E-state index in [4.69, 9.17) is 5.84 Å². The third-order valence-electron chi connectivity index (χ3n) is 4.88. The monoisotopic (exact) mass is 257 g/mol. The van der Waals surface area contributed by atoms with Gasteiger partial charge >= 0.3 is 0 Å². The molecular formula is C15H35N3. The molecule has 0 aliphatic heterocycles. The molecular weight excluding hydrogens is 222 g/mol. The molecule has 0 aromatic rings. The molecule has 0 aliphatic rings. The summed E-state index contributed by atoms with van der Waals surface area (Å²) in [7, 11) is 0. The van der Waals surface area contributed by atoms with Crippen LogP contribution in [0, 0.1) is 5.92 Å². The molecule has 110 valence electrons. The molecule has 2 atom stereocenters. The van der Waals surface area contributed by atoms with Gasteiger partial charge in [-0.25, -0.2) is 0 Å². The summed E-state index contributed by atoms with van der Waals surface area (Å²) in [4.78, 5) is 2.54. The fourth-order valence-electron chi connectivity index (χ4n) is 3.09. The van der Waals surface area contributed by atoms with Crippen LogP contribution in [0.15, 0.2) is 0 Å². The van der Waals surface area contributed by atoms with Crippen molar-refractivity contribution >= 4 is 0 Å². The first-order chi connectivity index (χ1) is 8.53. The Morgan fingerprint density at radius 3 is 1.83 bits per heavy atom. The molecule has 3 N–H and O–H groups in total. The van der Waals surface area contributed by atoms with Crippen molar-refractivity contribution in [3.63, 3.8) is 0 Å². The predicted molar refractivity (Wildman–Crippen MR) is 81.4 cm³/mol. The summed E-state index contributed by atoms with van der Waals surface area (Å²) >= 11 is 0. The van der Waals surface area contributed by atoms with E-state index in [1.54, 1.807) is 0 Å². The summed E-state index contributed by atoms with van der Waals surface area (Å²) in [5.74, 6) is 6.63. The topological polar surface area (TPSA) is 41.3 Å². The maximum absolute atomic E-state index is 5.86. The molecule has 0 aromatic heterocycles. The summed E-state index contributed by atoms with van der Waals surface area (Å²) in [6.45, 7) is 15.8. The highest BCUT2D eigenvalue weighted by atomic mass is 15.3. The maximum atomic E-state index is 5.86. The Hall–Kier alpha value is -0.120. The van der Waals surface area contributed by atoms with Crippen molar-refractivity contribution < 1.29 is 0 Å². The first kappa shape index (κ1) is 17.9. The highest BCUT2D eigenvalue weighted by Crippen LogP contribution is 2.29. The number of nitrogens with two attached hydrogens (primary N) is 1. The molecule has 0 rings (SSSR count). The van der Waals surface area contributed by atoms with E-state index in [1.807, 2.05) is 0 Å². The summed E-state index contributed by atoms with van der Waals surface area (Å²) in [5.41, 5.74) is 3.25. The lowest BCUT2D eigenvalue weighted by Gasteiger charge is -2.46. The number of hydrogen-bond acceptors (Lipinski definition) is 3. The molecule has 0 saturated carbocycles. The molecule has 0 heterocycles. The highest BCUT2D eigenvalue weighted by molar-refractivity contribution is 4.95. The van der Waals surface area contributed by atoms with Crippen LogP contribution in [0.1, 0.15) is 67.2 Å². The lowest BCUT2D eigenvalue weighted by molar-refractivity contribution is 0.0591. The van der Waals surface area contributed by atoms with Crippen molar-refractivity contribution in [2.24, 2.45) is 11.8 Å². The third-order valence-corrected chi connectivity index (χ3v) is 4.88. The average Bonchev–Trinajstić information content (AvgIpc) is 2.41. The van der Waals surface area contributed by atoms with Crippen LogP contribution < -0.4 is 11.3 Å². The zero-order valence-corrected chi connectivity index (χ0v) is 13.4. The van der Waals surface area contributed by atoms with Gasteiger partial charge in [-0.05, 0) is 38.8 Å². The SMILES string of the molecule is CCC(CC)CC(NN)C(C)(CC)N(CC)CC. The average molecular weight is 257 g/mol. The van der Waals surface area contributed by atoms with E-state index in [-0.39, 0.29) is 5.54 Å². The molecule has 3 nitrogen and oxygen atoms in total. The molecule has 18 heavy (non-hydrogen) atoms. The van der Waals surface area contributed by atoms with Gasteiger partial charge in [0.15, 0.2) is 0 Å². The lowest BCUT2D eigenvalue weighted by atomic mass is 9.81. The van der Waals surface area contributed by atoms with Crippen LogP contribution >= 0.6 is 0 Å². The van der Waals surface area contributed by atoms with Crippen molar-refractivity contribution in [3.8, 4) is 0 Å². The second-order valence-electron chi connectivity index (χ2n) is 5.52. The van der Waals surface area contributed by atoms with Gasteiger partial charge in [0.05, 0.1) is 0 Å². The zero-order valence-electron chi connectivity index (χ0n) is 13.4. The Balaban J connectivity index is 4.94. The number of rotatable bonds is 10. The number of hydrazine groups is 1. The van der Waals surface area contributed by atoms with Gasteiger partial charge in [0.2, 0.25) is 0 Å². The first-order valence-electron chi connectivity index (χ1n) is 7.74. The fraction of sp³-hybridized carbons (Fsp3) is 1.00. The molecule has 0 amide bonds. The van der Waals surface area contributed by atoms with Crippen molar-refractivity contribution in [2.75, 3.05) is 13.1 Å². The van der Waals surface area contributed by atoms with E-state index in [0.29, 0.717) is 6.04 Å². The Morgan fingerprint density at radius 2 is 1.56 bits per heavy atom. The van der Waals surface area contributed by atoms with Crippen LogP contribution in [0.3, 0.4) is 0 Å². The van der Waals surface area contributed by atoms with Gasteiger partial charge in [-0.2, -0.15) is 0 Å². The van der Waals surface area contributed by atoms with E-state index in [1.165, 1.54) is 19.3 Å². The van der Waals surface area contributed by atoms with Crippen LogP contribution in [-0.4, -0.2) is 29.6 Å². The van der Waals surface area contributed by atoms with Crippen LogP contribution in [0.2, 0.25) is 0 Å². The van der Waals surface area contributed by atoms with Gasteiger partial charge in [0.1, 0.15) is 0 Å². The number of likely N-dealkylation sites (N-methyl/N-ethyl adjacent to an activating group) is 1. The molecule has 0 bridgehead atoms. The molecule has 3 heteroatoms. The molecule has 0 aliphatic carbocycles. The minimum Gasteiger partial charge on any atom is -0.297 e. The second kappa shape index (κ2) is 8.89. The summed E-state index contributed by atoms with van der Waals surface area (Å²) in [5, 5.41) is 0. The minimum absolute atomic E-state index is 0.154. The molecule has 0 spiro atoms. The van der Waals surface area contributed by atoms with E-state index in [2.05, 4.69) is 51.9 Å². The summed E-state index contributed by atoms with van der Waals surface area (Å²) in [6, 6.07) is 0.368. The van der Waals surface area contributed by atoms with Crippen LogP contribution in [0.5, 0.6) is 0 Å². The Morgan fingerprint density at radius 1 is 1.06 bits per heavy atom. The number of nitrogens with zero attached hydrogens (tertiary/aromatic N) is 1. The molecule has 0 saturated heterocycles. The number of nitrogens with one attached hydrogen (secondary N) is 1. The quantitative estimate of drug-likeness (QED) is 0.466. The Kier molecular flexibility index (Phi) is 8.83. The van der Waals surface area contributed by atoms with Gasteiger partial charge in [-0.15, -0.1) is 0 Å². The Bertz CT molecular complexity index is 200. The normalized spacial score (nSPS) is 17.2. The van der Waals surface area contributed by atoms with Crippen LogP contribution in [-0.2, 0) is 0 Å². The van der Waals surface area contributed by atoms with Crippen molar-refractivity contribution in [3.05, 3.63) is 0 Å². The van der Waals surface area contributed by atoms with Crippen molar-refractivity contribution in [1.29, 1.82) is 0 Å². The third kappa shape index (κ3) is 4.22. The molecule has 2 unspecified atom stereocenters. The van der Waals surface area contributed by atoms with Gasteiger partial charge in [-0.1, -0.05) is 47.5 Å². The second-order valence-corrected chi connectivity index (χ2v) is 5.52. The van der Waals surface area contributed by atoms with E-state index < -0.39 is 0 Å². The van der Waals surface area contributed by atoms with Gasteiger partial charge in [0, 0.05) is 11.6 Å². The summed E-state index contributed by atoms with van der Waals surface area (Å²) in [6.07, 6.45) is 4.79. The van der Waals surface area contributed by atoms with Crippen molar-refractivity contribution in [2.45, 2.75) is 78.8 Å². The lowest BCUT2D eigenvalue weighted by Crippen LogP contribution is -2.61. The number of hydrogen-bond donors (Lipinski definition) is 2. The standard InChI is InChI=1S/C15H35N3/c1-7-13(8-2)12-14(17-16)15(6,9-3)18(10-4)11-5/h13-14,17H,7-12,16H2,1-6H3. The van der Waals surface area contributed by atoms with E-state index >= 15 is 0 Å². The van der Waals surface area contributed by atoms with Gasteiger partial charge in [-0.3, -0.25) is 16.2 Å². The van der Waals surface area contributed by atoms with E-state index in [9.17, 15) is 0 Å². The minimum atomic E-state index is 0.154. The predicted octanol–water partition coefficient (Wildman–Crippen LogP) is 3.16. The van der Waals surface area contributed by atoms with Gasteiger partial charge in [0.25, 0.3) is 0 Å². The largest absolute Gasteiger partial charge is 0.297 e. The van der Waals surface area contributed by atoms with Gasteiger partial charge < -0.3 is 0 Å². The molecule has 0 radical (unpaired) electrons. The Labute approximate surface area is 114 Å². The zero-order chi connectivity index (χ0) is 14.2.